The Balaban J connectivity index is 2.75. The summed E-state index contributed by atoms with van der Waals surface area (Å²) in [6.07, 6.45) is 0. The minimum Gasteiger partial charge on any atom is -0.399 e. The molecule has 1 rings (SSSR count). The Morgan fingerprint density at radius 2 is 2.21 bits per heavy atom. The maximum absolute atomic E-state index is 11.2. The molecular formula is C10H15N3O. The molecule has 4 nitrogen and oxygen atoms in total. The third-order valence-corrected chi connectivity index (χ3v) is 1.85. The largest absolute Gasteiger partial charge is 0.399 e. The highest BCUT2D eigenvalue weighted by Gasteiger charge is 2.02. The van der Waals surface area contributed by atoms with Crippen LogP contribution < -0.4 is 16.4 Å². The van der Waals surface area contributed by atoms with Crippen LogP contribution in [0.3, 0.4) is 0 Å². The molecule has 0 fully saturated rings. The lowest BCUT2D eigenvalue weighted by Crippen LogP contribution is -2.28. The Kier molecular flexibility index (Phi) is 3.34. The van der Waals surface area contributed by atoms with Crippen molar-refractivity contribution in [2.45, 2.75) is 13.8 Å². The summed E-state index contributed by atoms with van der Waals surface area (Å²) in [5.41, 5.74) is 7.98. The van der Waals surface area contributed by atoms with Gasteiger partial charge in [0.25, 0.3) is 0 Å². The van der Waals surface area contributed by atoms with E-state index < -0.39 is 0 Å². The summed E-state index contributed by atoms with van der Waals surface area (Å²) < 4.78 is 0. The van der Waals surface area contributed by atoms with Crippen LogP contribution in [0.2, 0.25) is 0 Å². The maximum atomic E-state index is 11.2. The predicted molar refractivity (Wildman–Crippen MR) is 58.3 cm³/mol. The van der Waals surface area contributed by atoms with Gasteiger partial charge in [-0.1, -0.05) is 6.07 Å². The molecule has 0 saturated heterocycles. The minimum absolute atomic E-state index is 0.207. The van der Waals surface area contributed by atoms with E-state index in [2.05, 4.69) is 10.6 Å². The van der Waals surface area contributed by atoms with Crippen molar-refractivity contribution in [2.24, 2.45) is 0 Å². The Bertz CT molecular complexity index is 336. The van der Waals surface area contributed by atoms with Crippen molar-refractivity contribution in [1.82, 2.24) is 5.32 Å². The average molecular weight is 193 g/mol. The maximum Gasteiger partial charge on any atom is 0.319 e. The molecule has 76 valence electrons. The number of nitrogen functional groups attached to an aromatic ring is 1. The number of amides is 2. The van der Waals surface area contributed by atoms with Gasteiger partial charge in [0.15, 0.2) is 0 Å². The first kappa shape index (κ1) is 10.4. The van der Waals surface area contributed by atoms with Crippen LogP contribution in [-0.4, -0.2) is 12.6 Å². The summed E-state index contributed by atoms with van der Waals surface area (Å²) in [6, 6.07) is 5.21. The van der Waals surface area contributed by atoms with Crippen LogP contribution in [0.15, 0.2) is 18.2 Å². The third-order valence-electron chi connectivity index (χ3n) is 1.85. The second-order valence-corrected chi connectivity index (χ2v) is 3.06. The van der Waals surface area contributed by atoms with Crippen molar-refractivity contribution in [2.75, 3.05) is 17.6 Å². The van der Waals surface area contributed by atoms with E-state index in [4.69, 9.17) is 5.73 Å². The van der Waals surface area contributed by atoms with Crippen LogP contribution in [0.25, 0.3) is 0 Å². The first-order valence-corrected chi connectivity index (χ1v) is 4.54. The monoisotopic (exact) mass is 193 g/mol. The summed E-state index contributed by atoms with van der Waals surface area (Å²) in [4.78, 5) is 11.2. The first-order valence-electron chi connectivity index (χ1n) is 4.54. The number of urea groups is 1. The van der Waals surface area contributed by atoms with Gasteiger partial charge in [-0.25, -0.2) is 4.79 Å². The van der Waals surface area contributed by atoms with E-state index in [1.165, 1.54) is 0 Å². The summed E-state index contributed by atoms with van der Waals surface area (Å²) in [5.74, 6) is 0. The van der Waals surface area contributed by atoms with Gasteiger partial charge in [0.2, 0.25) is 0 Å². The molecule has 0 aromatic heterocycles. The standard InChI is InChI=1S/C10H15N3O/c1-3-12-10(14)13-9-6-8(11)5-4-7(9)2/h4-6H,3,11H2,1-2H3,(H2,12,13,14). The molecule has 0 spiro atoms. The fourth-order valence-electron chi connectivity index (χ4n) is 1.10. The normalized spacial score (nSPS) is 9.57. The number of benzene rings is 1. The molecule has 0 aliphatic rings. The zero-order chi connectivity index (χ0) is 10.6. The highest BCUT2D eigenvalue weighted by atomic mass is 16.2. The van der Waals surface area contributed by atoms with E-state index in [1.54, 1.807) is 12.1 Å². The molecule has 4 heteroatoms. The van der Waals surface area contributed by atoms with Crippen molar-refractivity contribution in [3.05, 3.63) is 23.8 Å². The van der Waals surface area contributed by atoms with Crippen LogP contribution in [0.5, 0.6) is 0 Å². The van der Waals surface area contributed by atoms with Gasteiger partial charge < -0.3 is 16.4 Å². The topological polar surface area (TPSA) is 67.2 Å². The highest BCUT2D eigenvalue weighted by molar-refractivity contribution is 5.90. The summed E-state index contributed by atoms with van der Waals surface area (Å²) >= 11 is 0. The van der Waals surface area contributed by atoms with Gasteiger partial charge in [0.1, 0.15) is 0 Å². The fourth-order valence-corrected chi connectivity index (χ4v) is 1.10. The van der Waals surface area contributed by atoms with Crippen molar-refractivity contribution in [3.8, 4) is 0 Å². The number of nitrogens with one attached hydrogen (secondary N) is 2. The summed E-state index contributed by atoms with van der Waals surface area (Å²) in [7, 11) is 0. The van der Waals surface area contributed by atoms with Gasteiger partial charge in [0.05, 0.1) is 0 Å². The number of rotatable bonds is 2. The summed E-state index contributed by atoms with van der Waals surface area (Å²) in [6.45, 7) is 4.39. The number of hydrogen-bond acceptors (Lipinski definition) is 2. The molecule has 0 heterocycles. The second-order valence-electron chi connectivity index (χ2n) is 3.06. The molecule has 0 bridgehead atoms. The molecular weight excluding hydrogens is 178 g/mol. The van der Waals surface area contributed by atoms with E-state index in [9.17, 15) is 4.79 Å². The van der Waals surface area contributed by atoms with E-state index in [1.807, 2.05) is 19.9 Å². The third kappa shape index (κ3) is 2.65. The molecule has 1 aromatic rings. The highest BCUT2D eigenvalue weighted by Crippen LogP contribution is 2.17. The Morgan fingerprint density at radius 1 is 1.50 bits per heavy atom. The molecule has 14 heavy (non-hydrogen) atoms. The van der Waals surface area contributed by atoms with Crippen molar-refractivity contribution in [1.29, 1.82) is 0 Å². The van der Waals surface area contributed by atoms with Gasteiger partial charge in [-0.05, 0) is 31.5 Å². The smallest absolute Gasteiger partial charge is 0.319 e. The van der Waals surface area contributed by atoms with Crippen LogP contribution in [0, 0.1) is 6.92 Å². The van der Waals surface area contributed by atoms with Gasteiger partial charge in [-0.3, -0.25) is 0 Å². The number of anilines is 2. The van der Waals surface area contributed by atoms with Gasteiger partial charge in [-0.2, -0.15) is 0 Å². The van der Waals surface area contributed by atoms with E-state index in [-0.39, 0.29) is 6.03 Å². The zero-order valence-corrected chi connectivity index (χ0v) is 8.42. The van der Waals surface area contributed by atoms with Crippen molar-refractivity contribution < 1.29 is 4.79 Å². The van der Waals surface area contributed by atoms with Gasteiger partial charge >= 0.3 is 6.03 Å². The lowest BCUT2D eigenvalue weighted by atomic mass is 10.2. The number of carbonyl (C=O) groups is 1. The molecule has 2 amide bonds. The predicted octanol–water partition coefficient (Wildman–Crippen LogP) is 1.72. The van der Waals surface area contributed by atoms with E-state index >= 15 is 0 Å². The minimum atomic E-state index is -0.207. The molecule has 1 aromatic carbocycles. The molecule has 0 saturated carbocycles. The van der Waals surface area contributed by atoms with E-state index in [0.717, 1.165) is 11.3 Å². The molecule has 0 aliphatic heterocycles. The quantitative estimate of drug-likeness (QED) is 0.626. The fraction of sp³-hybridized carbons (Fsp3) is 0.300. The zero-order valence-electron chi connectivity index (χ0n) is 8.42. The van der Waals surface area contributed by atoms with Crippen LogP contribution in [0.4, 0.5) is 16.2 Å². The van der Waals surface area contributed by atoms with Crippen molar-refractivity contribution in [3.63, 3.8) is 0 Å². The molecule has 4 N–H and O–H groups in total. The number of nitrogens with two attached hydrogens (primary N) is 1. The first-order chi connectivity index (χ1) is 6.63. The average Bonchev–Trinajstić information content (AvgIpc) is 2.12. The summed E-state index contributed by atoms with van der Waals surface area (Å²) in [5, 5.41) is 5.37. The Labute approximate surface area is 83.5 Å². The molecule has 0 atom stereocenters. The molecule has 0 unspecified atom stereocenters. The lowest BCUT2D eigenvalue weighted by molar-refractivity contribution is 0.252. The van der Waals surface area contributed by atoms with Gasteiger partial charge in [0, 0.05) is 17.9 Å². The van der Waals surface area contributed by atoms with E-state index in [0.29, 0.717) is 12.2 Å². The number of aryl methyl sites for hydroxylation is 1. The van der Waals surface area contributed by atoms with Crippen LogP contribution in [-0.2, 0) is 0 Å². The Morgan fingerprint density at radius 3 is 2.86 bits per heavy atom. The van der Waals surface area contributed by atoms with Crippen molar-refractivity contribution >= 4 is 17.4 Å². The Hall–Kier alpha value is -1.71. The van der Waals surface area contributed by atoms with Gasteiger partial charge in [-0.15, -0.1) is 0 Å². The SMILES string of the molecule is CCNC(=O)Nc1cc(N)ccc1C. The lowest BCUT2D eigenvalue weighted by Gasteiger charge is -2.09. The second kappa shape index (κ2) is 4.50. The van der Waals surface area contributed by atoms with Crippen LogP contribution in [0.1, 0.15) is 12.5 Å². The molecule has 0 radical (unpaired) electrons. The van der Waals surface area contributed by atoms with Crippen LogP contribution >= 0.6 is 0 Å². The number of carbonyl (C=O) groups excluding carboxylic acids is 1. The number of hydrogen-bond donors (Lipinski definition) is 3. The molecule has 0 aliphatic carbocycles.